The minimum atomic E-state index is -6.09. The van der Waals surface area contributed by atoms with Crippen molar-refractivity contribution in [3.8, 4) is 11.5 Å². The van der Waals surface area contributed by atoms with E-state index in [0.717, 1.165) is 11.0 Å². The van der Waals surface area contributed by atoms with E-state index in [1.807, 2.05) is 0 Å². The number of alkyl halides is 6. The zero-order chi connectivity index (χ0) is 34.2. The fourth-order valence-corrected chi connectivity index (χ4v) is 5.63. The first-order chi connectivity index (χ1) is 22.1. The molecule has 2 heterocycles. The van der Waals surface area contributed by atoms with Crippen LogP contribution in [0, 0.1) is 0 Å². The van der Waals surface area contributed by atoms with Crippen molar-refractivity contribution in [3.05, 3.63) is 89.0 Å². The van der Waals surface area contributed by atoms with E-state index in [2.05, 4.69) is 10.6 Å². The Balaban J connectivity index is 1.31. The van der Waals surface area contributed by atoms with E-state index < -0.39 is 46.9 Å². The first-order valence-corrected chi connectivity index (χ1v) is 14.5. The molecule has 2 aliphatic heterocycles. The topological polar surface area (TPSA) is 117 Å². The average molecular weight is 666 g/mol. The summed E-state index contributed by atoms with van der Waals surface area (Å²) in [6, 6.07) is 14.2. The number of benzene rings is 3. The minimum absolute atomic E-state index is 0.0000721. The number of aliphatic hydroxyl groups is 1. The van der Waals surface area contributed by atoms with E-state index in [9.17, 15) is 45.8 Å². The van der Waals surface area contributed by atoms with E-state index >= 15 is 0 Å². The maximum absolute atomic E-state index is 13.6. The van der Waals surface area contributed by atoms with Crippen molar-refractivity contribution in [2.24, 2.45) is 0 Å². The van der Waals surface area contributed by atoms with Crippen LogP contribution in [0.1, 0.15) is 48.4 Å². The number of amides is 4. The van der Waals surface area contributed by atoms with E-state index in [1.165, 1.54) is 0 Å². The second kappa shape index (κ2) is 12.4. The molecule has 3 N–H and O–H groups in total. The van der Waals surface area contributed by atoms with E-state index in [0.29, 0.717) is 34.8 Å². The Morgan fingerprint density at radius 2 is 1.64 bits per heavy atom. The largest absolute Gasteiger partial charge is 0.454 e. The first-order valence-electron chi connectivity index (χ1n) is 14.5. The number of halogens is 6. The third-order valence-electron chi connectivity index (χ3n) is 8.21. The molecule has 15 heteroatoms. The van der Waals surface area contributed by atoms with Crippen molar-refractivity contribution in [1.29, 1.82) is 0 Å². The van der Waals surface area contributed by atoms with Crippen LogP contribution < -0.4 is 20.1 Å². The monoisotopic (exact) mass is 665 g/mol. The number of urea groups is 1. The summed E-state index contributed by atoms with van der Waals surface area (Å²) in [6.07, 6.45) is -12.4. The quantitative estimate of drug-likeness (QED) is 0.184. The molecule has 1 saturated heterocycles. The number of imide groups is 1. The molecule has 0 bridgehead atoms. The molecule has 2 aliphatic rings. The van der Waals surface area contributed by atoms with Gasteiger partial charge in [-0.3, -0.25) is 14.5 Å². The van der Waals surface area contributed by atoms with Gasteiger partial charge in [-0.2, -0.15) is 26.3 Å². The van der Waals surface area contributed by atoms with Gasteiger partial charge in [0.2, 0.25) is 12.7 Å². The van der Waals surface area contributed by atoms with Gasteiger partial charge in [-0.1, -0.05) is 49.4 Å². The van der Waals surface area contributed by atoms with Crippen molar-refractivity contribution >= 4 is 23.5 Å². The molecule has 3 aromatic carbocycles. The van der Waals surface area contributed by atoms with E-state index in [-0.39, 0.29) is 50.3 Å². The normalized spacial score (nSPS) is 18.0. The summed E-state index contributed by atoms with van der Waals surface area (Å²) >= 11 is 0. The summed E-state index contributed by atoms with van der Waals surface area (Å²) in [6.45, 7) is 1.60. The van der Waals surface area contributed by atoms with Crippen molar-refractivity contribution in [3.63, 3.8) is 0 Å². The molecule has 5 rings (SSSR count). The van der Waals surface area contributed by atoms with Gasteiger partial charge >= 0.3 is 18.4 Å². The highest BCUT2D eigenvalue weighted by Gasteiger charge is 2.71. The Labute approximate surface area is 264 Å². The summed E-state index contributed by atoms with van der Waals surface area (Å²) in [5.74, 6) is -0.281. The van der Waals surface area contributed by atoms with Gasteiger partial charge in [0.15, 0.2) is 11.5 Å². The van der Waals surface area contributed by atoms with Crippen LogP contribution in [0.3, 0.4) is 0 Å². The number of hydrogen-bond donors (Lipinski definition) is 3. The number of hydrogen-bond acceptors (Lipinski definition) is 6. The van der Waals surface area contributed by atoms with Crippen LogP contribution in [0.4, 0.5) is 36.8 Å². The van der Waals surface area contributed by atoms with Crippen molar-refractivity contribution < 1.29 is 55.3 Å². The maximum Gasteiger partial charge on any atom is 0.430 e. The van der Waals surface area contributed by atoms with Gasteiger partial charge in [-0.05, 0) is 60.2 Å². The molecule has 0 aromatic heterocycles. The zero-order valence-corrected chi connectivity index (χ0v) is 24.8. The second-order valence-corrected chi connectivity index (χ2v) is 11.1. The van der Waals surface area contributed by atoms with Gasteiger partial charge in [0, 0.05) is 24.2 Å². The molecule has 0 spiro atoms. The summed E-state index contributed by atoms with van der Waals surface area (Å²) in [5.41, 5.74) is -7.16. The third kappa shape index (κ3) is 6.19. The Hall–Kier alpha value is -4.79. The van der Waals surface area contributed by atoms with Crippen molar-refractivity contribution in [2.45, 2.75) is 56.1 Å². The lowest BCUT2D eigenvalue weighted by Gasteiger charge is -2.33. The number of ether oxygens (including phenoxy) is 2. The number of fused-ring (bicyclic) bond motifs is 1. The van der Waals surface area contributed by atoms with E-state index in [1.54, 1.807) is 55.5 Å². The van der Waals surface area contributed by atoms with Crippen LogP contribution >= 0.6 is 0 Å². The Morgan fingerprint density at radius 1 is 0.957 bits per heavy atom. The van der Waals surface area contributed by atoms with Crippen molar-refractivity contribution in [2.75, 3.05) is 18.7 Å². The number of carbonyl (C=O) groups excluding carboxylic acids is 3. The summed E-state index contributed by atoms with van der Waals surface area (Å²) in [5, 5.41) is 15.2. The molecule has 3 aromatic rings. The number of nitrogens with zero attached hydrogens (tertiary/aromatic N) is 1. The maximum atomic E-state index is 13.6. The van der Waals surface area contributed by atoms with Crippen LogP contribution in [0.2, 0.25) is 0 Å². The standard InChI is InChI=1S/C32H29F6N3O6/c1-2-29(21-11-13-24-25(17-21)47-18-46-24)27(43)41(28(44)40-29)14-6-9-26(42)39-23-12-10-22(30(45,31(33,34)35)32(36,37)38)16-20(23)15-19-7-4-3-5-8-19/h3-5,7-8,10-13,16-17,45H,2,6,9,14-15,18H2,1H3,(H,39,42)(H,40,44). The zero-order valence-electron chi connectivity index (χ0n) is 24.8. The highest BCUT2D eigenvalue weighted by molar-refractivity contribution is 6.07. The molecule has 47 heavy (non-hydrogen) atoms. The molecular weight excluding hydrogens is 636 g/mol. The Morgan fingerprint density at radius 3 is 2.30 bits per heavy atom. The molecule has 1 fully saturated rings. The fourth-order valence-electron chi connectivity index (χ4n) is 5.63. The molecule has 4 amide bonds. The fraction of sp³-hybridized carbons (Fsp3) is 0.344. The lowest BCUT2D eigenvalue weighted by atomic mass is 9.87. The lowest BCUT2D eigenvalue weighted by Crippen LogP contribution is -2.54. The lowest BCUT2D eigenvalue weighted by molar-refractivity contribution is -0.376. The van der Waals surface area contributed by atoms with Gasteiger partial charge in [0.1, 0.15) is 5.54 Å². The number of rotatable bonds is 10. The number of nitrogens with one attached hydrogen (secondary N) is 2. The molecule has 0 radical (unpaired) electrons. The van der Waals surface area contributed by atoms with Crippen LogP contribution in [0.25, 0.3) is 0 Å². The van der Waals surface area contributed by atoms with Crippen LogP contribution in [0.5, 0.6) is 11.5 Å². The van der Waals surface area contributed by atoms with Gasteiger partial charge in [0.05, 0.1) is 0 Å². The molecule has 0 saturated carbocycles. The molecular formula is C32H29F6N3O6. The SMILES string of the molecule is CCC1(c2ccc3c(c2)OCO3)NC(=O)N(CCCC(=O)Nc2ccc(C(O)(C(F)(F)F)C(F)(F)F)cc2Cc2ccccc2)C1=O. The number of anilines is 1. The third-order valence-corrected chi connectivity index (χ3v) is 8.21. The Bertz CT molecular complexity index is 1670. The van der Waals surface area contributed by atoms with Crippen molar-refractivity contribution in [1.82, 2.24) is 10.2 Å². The average Bonchev–Trinajstić information content (AvgIpc) is 3.59. The van der Waals surface area contributed by atoms with Crippen LogP contribution in [0.15, 0.2) is 66.7 Å². The minimum Gasteiger partial charge on any atom is -0.454 e. The van der Waals surface area contributed by atoms with Gasteiger partial charge in [-0.15, -0.1) is 0 Å². The molecule has 9 nitrogen and oxygen atoms in total. The van der Waals surface area contributed by atoms with Gasteiger partial charge in [0.25, 0.3) is 11.5 Å². The highest BCUT2D eigenvalue weighted by atomic mass is 19.4. The van der Waals surface area contributed by atoms with Gasteiger partial charge < -0.3 is 25.2 Å². The van der Waals surface area contributed by atoms with Crippen LogP contribution in [-0.4, -0.2) is 53.5 Å². The highest BCUT2D eigenvalue weighted by Crippen LogP contribution is 2.50. The molecule has 250 valence electrons. The molecule has 1 atom stereocenters. The predicted molar refractivity (Wildman–Crippen MR) is 154 cm³/mol. The van der Waals surface area contributed by atoms with E-state index in [4.69, 9.17) is 9.47 Å². The second-order valence-electron chi connectivity index (χ2n) is 11.1. The Kier molecular flexibility index (Phi) is 8.88. The van der Waals surface area contributed by atoms with Crippen LogP contribution in [-0.2, 0) is 27.1 Å². The summed E-state index contributed by atoms with van der Waals surface area (Å²) in [7, 11) is 0. The number of carbonyl (C=O) groups is 3. The van der Waals surface area contributed by atoms with Gasteiger partial charge in [-0.25, -0.2) is 4.79 Å². The smallest absolute Gasteiger partial charge is 0.430 e. The summed E-state index contributed by atoms with van der Waals surface area (Å²) in [4.78, 5) is 40.3. The molecule has 0 aliphatic carbocycles. The molecule has 1 unspecified atom stereocenters. The predicted octanol–water partition coefficient (Wildman–Crippen LogP) is 5.89. The summed E-state index contributed by atoms with van der Waals surface area (Å²) < 4.78 is 92.3. The first kappa shape index (κ1) is 33.6.